The van der Waals surface area contributed by atoms with Gasteiger partial charge in [-0.05, 0) is 81.3 Å². The predicted octanol–water partition coefficient (Wildman–Crippen LogP) is 5.56. The Morgan fingerprint density at radius 2 is 1.50 bits per heavy atom. The number of aromatic amines is 1. The number of H-pyrrole nitrogens is 1. The molecule has 1 aromatic heterocycles. The molecule has 2 atom stereocenters. The van der Waals surface area contributed by atoms with Crippen LogP contribution in [0.25, 0.3) is 10.9 Å². The molecular formula is C35H44N4O6S3. The quantitative estimate of drug-likeness (QED) is 0.0822. The maximum atomic E-state index is 13.6. The Balaban J connectivity index is 1.45. The van der Waals surface area contributed by atoms with Crippen molar-refractivity contribution in [3.05, 3.63) is 95.7 Å². The maximum Gasteiger partial charge on any atom is 0.322 e. The summed E-state index contributed by atoms with van der Waals surface area (Å²) in [5.41, 5.74) is 3.66. The van der Waals surface area contributed by atoms with E-state index in [1.807, 2.05) is 58.2 Å². The van der Waals surface area contributed by atoms with Crippen LogP contribution in [-0.4, -0.2) is 67.4 Å². The Bertz CT molecular complexity index is 1920. The number of aliphatic carboxylic acids is 1. The second-order valence-corrected chi connectivity index (χ2v) is 16.5. The average Bonchev–Trinajstić information content (AvgIpc) is 3.44. The van der Waals surface area contributed by atoms with Gasteiger partial charge in [0.15, 0.2) is 0 Å². The van der Waals surface area contributed by atoms with E-state index >= 15 is 0 Å². The molecule has 0 amide bonds. The molecule has 0 aliphatic rings. The third-order valence-electron chi connectivity index (χ3n) is 8.05. The summed E-state index contributed by atoms with van der Waals surface area (Å²) >= 11 is 5.72. The Kier molecular flexibility index (Phi) is 12.5. The van der Waals surface area contributed by atoms with Gasteiger partial charge >= 0.3 is 5.97 Å². The number of nitrogens with one attached hydrogen (secondary N) is 3. The fourth-order valence-electron chi connectivity index (χ4n) is 5.47. The van der Waals surface area contributed by atoms with Crippen LogP contribution in [0.4, 0.5) is 0 Å². The first kappa shape index (κ1) is 37.2. The number of para-hydroxylation sites is 1. The summed E-state index contributed by atoms with van der Waals surface area (Å²) in [5, 5.41) is 14.3. The van der Waals surface area contributed by atoms with E-state index < -0.39 is 38.1 Å². The van der Waals surface area contributed by atoms with Crippen molar-refractivity contribution in [2.45, 2.75) is 75.3 Å². The van der Waals surface area contributed by atoms with Gasteiger partial charge in [-0.25, -0.2) is 21.6 Å². The number of thiocarbonyl (C=S) groups is 1. The Labute approximate surface area is 289 Å². The van der Waals surface area contributed by atoms with Crippen molar-refractivity contribution in [1.29, 1.82) is 0 Å². The molecule has 0 aliphatic carbocycles. The summed E-state index contributed by atoms with van der Waals surface area (Å²) in [6, 6.07) is 18.7. The molecule has 13 heteroatoms. The monoisotopic (exact) mass is 712 g/mol. The number of benzene rings is 3. The summed E-state index contributed by atoms with van der Waals surface area (Å²) in [6.45, 7) is 7.84. The standard InChI is InChI=1S/C35H44N4O6S3/c1-24(2)23-39(48(44,45)29-18-14-26(4)15-19-29)33(35(40)41)11-7-8-20-36-34(46)32(21-27-22-37-31-10-6-5-9-30(27)31)38-47(42,43)28-16-12-25(3)13-17-28/h5-6,9-10,12-19,22,24,32-33,37-38H,7-8,11,20-21,23H2,1-4H3,(H,36,46)(H,40,41)/t32-,33-/m0/s1. The highest BCUT2D eigenvalue weighted by Gasteiger charge is 2.36. The van der Waals surface area contributed by atoms with Crippen molar-refractivity contribution < 1.29 is 26.7 Å². The Morgan fingerprint density at radius 1 is 0.896 bits per heavy atom. The van der Waals surface area contributed by atoms with Crippen molar-refractivity contribution in [3.8, 4) is 0 Å². The molecule has 0 saturated carbocycles. The zero-order valence-corrected chi connectivity index (χ0v) is 30.1. The molecule has 4 N–H and O–H groups in total. The van der Waals surface area contributed by atoms with Gasteiger partial charge in [-0.1, -0.05) is 79.7 Å². The van der Waals surface area contributed by atoms with Crippen LogP contribution in [0.2, 0.25) is 0 Å². The second-order valence-electron chi connectivity index (χ2n) is 12.5. The molecule has 0 radical (unpaired) electrons. The average molecular weight is 713 g/mol. The van der Waals surface area contributed by atoms with Gasteiger partial charge in [0.05, 0.1) is 20.8 Å². The van der Waals surface area contributed by atoms with E-state index in [-0.39, 0.29) is 28.7 Å². The van der Waals surface area contributed by atoms with Gasteiger partial charge < -0.3 is 15.4 Å². The van der Waals surface area contributed by atoms with Crippen molar-refractivity contribution >= 4 is 54.1 Å². The minimum Gasteiger partial charge on any atom is -0.480 e. The third kappa shape index (κ3) is 9.50. The molecule has 258 valence electrons. The van der Waals surface area contributed by atoms with E-state index in [1.165, 1.54) is 12.1 Å². The molecule has 0 unspecified atom stereocenters. The van der Waals surface area contributed by atoms with Crippen molar-refractivity contribution in [2.75, 3.05) is 13.1 Å². The number of carboxylic acid groups (broad SMARTS) is 1. The van der Waals surface area contributed by atoms with E-state index in [9.17, 15) is 26.7 Å². The first-order valence-electron chi connectivity index (χ1n) is 15.9. The van der Waals surface area contributed by atoms with Crippen LogP contribution in [-0.2, 0) is 31.3 Å². The third-order valence-corrected chi connectivity index (χ3v) is 11.9. The number of hydrogen-bond donors (Lipinski definition) is 4. The summed E-state index contributed by atoms with van der Waals surface area (Å²) in [5.74, 6) is -1.30. The van der Waals surface area contributed by atoms with Gasteiger partial charge in [0.25, 0.3) is 0 Å². The molecule has 4 rings (SSSR count). The normalized spacial score (nSPS) is 13.5. The van der Waals surface area contributed by atoms with Gasteiger partial charge in [-0.15, -0.1) is 0 Å². The van der Waals surface area contributed by atoms with E-state index in [0.29, 0.717) is 30.8 Å². The summed E-state index contributed by atoms with van der Waals surface area (Å²) in [4.78, 5) is 16.1. The molecule has 48 heavy (non-hydrogen) atoms. The zero-order valence-electron chi connectivity index (χ0n) is 27.6. The largest absolute Gasteiger partial charge is 0.480 e. The van der Waals surface area contributed by atoms with Crippen LogP contribution in [0.3, 0.4) is 0 Å². The van der Waals surface area contributed by atoms with Crippen LogP contribution < -0.4 is 10.0 Å². The number of unbranched alkanes of at least 4 members (excludes halogenated alkanes) is 1. The molecule has 0 spiro atoms. The summed E-state index contributed by atoms with van der Waals surface area (Å²) < 4.78 is 57.9. The molecule has 10 nitrogen and oxygen atoms in total. The lowest BCUT2D eigenvalue weighted by Crippen LogP contribution is -2.47. The predicted molar refractivity (Wildman–Crippen MR) is 193 cm³/mol. The van der Waals surface area contributed by atoms with Crippen LogP contribution in [0, 0.1) is 19.8 Å². The zero-order chi connectivity index (χ0) is 35.1. The number of fused-ring (bicyclic) bond motifs is 1. The van der Waals surface area contributed by atoms with Crippen LogP contribution in [0.5, 0.6) is 0 Å². The lowest BCUT2D eigenvalue weighted by molar-refractivity contribution is -0.141. The van der Waals surface area contributed by atoms with Crippen LogP contribution >= 0.6 is 12.2 Å². The number of rotatable bonds is 17. The highest BCUT2D eigenvalue weighted by Crippen LogP contribution is 2.24. The first-order valence-corrected chi connectivity index (χ1v) is 19.2. The topological polar surface area (TPSA) is 149 Å². The number of sulfonamides is 2. The molecule has 1 heterocycles. The summed E-state index contributed by atoms with van der Waals surface area (Å²) in [6.07, 6.45) is 3.12. The minimum absolute atomic E-state index is 0.0568. The highest BCUT2D eigenvalue weighted by atomic mass is 32.2. The van der Waals surface area contributed by atoms with Gasteiger partial charge in [-0.2, -0.15) is 4.31 Å². The first-order chi connectivity index (χ1) is 22.7. The van der Waals surface area contributed by atoms with Crippen LogP contribution in [0.15, 0.2) is 88.8 Å². The summed E-state index contributed by atoms with van der Waals surface area (Å²) in [7, 11) is -7.97. The van der Waals surface area contributed by atoms with Crippen molar-refractivity contribution in [3.63, 3.8) is 0 Å². The molecule has 0 saturated heterocycles. The number of carboxylic acids is 1. The number of aromatic nitrogens is 1. The fourth-order valence-corrected chi connectivity index (χ4v) is 8.77. The Hall–Kier alpha value is -3.62. The molecule has 0 bridgehead atoms. The van der Waals surface area contributed by atoms with Crippen molar-refractivity contribution in [2.24, 2.45) is 5.92 Å². The SMILES string of the molecule is Cc1ccc(S(=O)(=O)N[C@@H](Cc2c[nH]c3ccccc23)C(=S)NCCCC[C@@H](C(=O)O)N(CC(C)C)S(=O)(=O)c2ccc(C)cc2)cc1. The lowest BCUT2D eigenvalue weighted by atomic mass is 10.1. The van der Waals surface area contributed by atoms with Crippen molar-refractivity contribution in [1.82, 2.24) is 19.3 Å². The van der Waals surface area contributed by atoms with E-state index in [0.717, 1.165) is 31.9 Å². The van der Waals surface area contributed by atoms with E-state index in [4.69, 9.17) is 12.2 Å². The minimum atomic E-state index is -4.06. The molecular weight excluding hydrogens is 669 g/mol. The van der Waals surface area contributed by atoms with Gasteiger partial charge in [0, 0.05) is 30.2 Å². The van der Waals surface area contributed by atoms with Crippen LogP contribution in [0.1, 0.15) is 49.8 Å². The molecule has 0 aliphatic heterocycles. The van der Waals surface area contributed by atoms with Gasteiger partial charge in [-0.3, -0.25) is 4.79 Å². The number of aryl methyl sites for hydroxylation is 2. The smallest absolute Gasteiger partial charge is 0.322 e. The maximum absolute atomic E-state index is 13.6. The molecule has 0 fully saturated rings. The number of carbonyl (C=O) groups is 1. The lowest BCUT2D eigenvalue weighted by Gasteiger charge is -2.29. The molecule has 3 aromatic carbocycles. The van der Waals surface area contributed by atoms with E-state index in [1.54, 1.807) is 36.4 Å². The molecule has 4 aromatic rings. The van der Waals surface area contributed by atoms with Gasteiger partial charge in [0.2, 0.25) is 20.0 Å². The van der Waals surface area contributed by atoms with Gasteiger partial charge in [0.1, 0.15) is 6.04 Å². The fraction of sp³-hybridized carbons (Fsp3) is 0.371. The number of nitrogens with zero attached hydrogens (tertiary/aromatic N) is 1. The second kappa shape index (κ2) is 16.2. The highest BCUT2D eigenvalue weighted by molar-refractivity contribution is 7.89. The Morgan fingerprint density at radius 3 is 2.10 bits per heavy atom. The number of hydrogen-bond acceptors (Lipinski definition) is 6. The van der Waals surface area contributed by atoms with E-state index in [2.05, 4.69) is 15.0 Å².